The van der Waals surface area contributed by atoms with E-state index in [-0.39, 0.29) is 11.5 Å². The first-order chi connectivity index (χ1) is 23.4. The highest BCUT2D eigenvalue weighted by atomic mass is 19.3. The van der Waals surface area contributed by atoms with Crippen LogP contribution in [0.15, 0.2) is 95.3 Å². The molecular formula is C39H48BF2N2O4-. The zero-order valence-corrected chi connectivity index (χ0v) is 28.3. The number of nitrogens with zero attached hydrogens (tertiary/aromatic N) is 1. The average molecular weight is 658 g/mol. The van der Waals surface area contributed by atoms with E-state index in [2.05, 4.69) is 23.8 Å². The van der Waals surface area contributed by atoms with Crippen LogP contribution in [0.3, 0.4) is 0 Å². The van der Waals surface area contributed by atoms with E-state index in [9.17, 15) is 8.63 Å². The van der Waals surface area contributed by atoms with E-state index in [4.69, 9.17) is 18.8 Å². The molecular weight excluding hydrogens is 609 g/mol. The standard InChI is InChI=1S/C39H48BF2N2O4/c1-3-5-7-9-11-13-25-45-32-19-15-17-30(27-32)34-21-23-36(43-34)38-29-39(48-40(41,42)47-38)37-24-22-35(44-37)31-18-16-20-33(28-31)46-26-14-12-10-8-6-4-2/h15-24,27-29,43H,3-14,25-26H2,1-2H3/q-1. The lowest BCUT2D eigenvalue weighted by Crippen LogP contribution is -2.34. The Morgan fingerprint density at radius 2 is 1.25 bits per heavy atom. The summed E-state index contributed by atoms with van der Waals surface area (Å²) in [4.78, 5) is 7.85. The lowest BCUT2D eigenvalue weighted by atomic mass is 10.1. The number of hydrogen-bond acceptors (Lipinski definition) is 5. The Kier molecular flexibility index (Phi) is 13.0. The first-order valence-corrected chi connectivity index (χ1v) is 17.7. The number of ether oxygens (including phenoxy) is 2. The minimum absolute atomic E-state index is 0.0161. The molecule has 0 fully saturated rings. The molecule has 5 rings (SSSR count). The third-order valence-electron chi connectivity index (χ3n) is 8.44. The van der Waals surface area contributed by atoms with Crippen LogP contribution in [0.2, 0.25) is 0 Å². The highest BCUT2D eigenvalue weighted by Gasteiger charge is 2.39. The van der Waals surface area contributed by atoms with E-state index in [1.807, 2.05) is 54.6 Å². The zero-order chi connectivity index (χ0) is 33.6. The highest BCUT2D eigenvalue weighted by Crippen LogP contribution is 2.36. The van der Waals surface area contributed by atoms with Crippen molar-refractivity contribution in [1.29, 1.82) is 0 Å². The van der Waals surface area contributed by atoms with Gasteiger partial charge in [0.1, 0.15) is 28.7 Å². The third-order valence-corrected chi connectivity index (χ3v) is 8.44. The number of benzene rings is 2. The lowest BCUT2D eigenvalue weighted by Gasteiger charge is -2.34. The molecule has 0 spiro atoms. The topological polar surface area (TPSA) is 65.1 Å². The van der Waals surface area contributed by atoms with Gasteiger partial charge in [0.2, 0.25) is 0 Å². The Balaban J connectivity index is 1.23. The number of allylic oxidation sites excluding steroid dienone is 3. The van der Waals surface area contributed by atoms with Crippen LogP contribution in [0.25, 0.3) is 17.0 Å². The van der Waals surface area contributed by atoms with E-state index in [0.29, 0.717) is 30.3 Å². The van der Waals surface area contributed by atoms with Crippen LogP contribution in [-0.2, 0) is 9.31 Å². The molecule has 0 radical (unpaired) electrons. The largest absolute Gasteiger partial charge is 0.726 e. The van der Waals surface area contributed by atoms with Gasteiger partial charge in [-0.05, 0) is 61.4 Å². The lowest BCUT2D eigenvalue weighted by molar-refractivity contribution is 0.171. The fraction of sp³-hybridized carbons (Fsp3) is 0.410. The summed E-state index contributed by atoms with van der Waals surface area (Å²) in [7, 11) is -4.60. The molecule has 0 amide bonds. The number of aliphatic imine (C=N–C) groups is 1. The Morgan fingerprint density at radius 3 is 1.92 bits per heavy atom. The number of hydrogen-bond donors (Lipinski definition) is 1. The van der Waals surface area contributed by atoms with Gasteiger partial charge in [0.05, 0.1) is 24.6 Å². The van der Waals surface area contributed by atoms with Crippen molar-refractivity contribution in [3.8, 4) is 22.8 Å². The Bertz CT molecular complexity index is 1610. The van der Waals surface area contributed by atoms with Gasteiger partial charge in [0, 0.05) is 22.9 Å². The van der Waals surface area contributed by atoms with Crippen molar-refractivity contribution in [1.82, 2.24) is 4.98 Å². The maximum atomic E-state index is 14.8. The number of aromatic nitrogens is 1. The van der Waals surface area contributed by atoms with Gasteiger partial charge >= 0.3 is 7.11 Å². The van der Waals surface area contributed by atoms with Crippen LogP contribution in [-0.4, -0.2) is 31.0 Å². The van der Waals surface area contributed by atoms with Crippen molar-refractivity contribution in [3.05, 3.63) is 102 Å². The minimum atomic E-state index is -4.60. The maximum Gasteiger partial charge on any atom is 0.726 e. The summed E-state index contributed by atoms with van der Waals surface area (Å²) >= 11 is 0. The number of halogens is 2. The second kappa shape index (κ2) is 17.8. The summed E-state index contributed by atoms with van der Waals surface area (Å²) < 4.78 is 51.6. The molecule has 2 aromatic carbocycles. The van der Waals surface area contributed by atoms with Gasteiger partial charge < -0.3 is 32.4 Å². The van der Waals surface area contributed by atoms with Crippen molar-refractivity contribution in [2.45, 2.75) is 90.9 Å². The molecule has 0 unspecified atom stereocenters. The zero-order valence-electron chi connectivity index (χ0n) is 28.3. The van der Waals surface area contributed by atoms with Gasteiger partial charge in [-0.1, -0.05) is 102 Å². The van der Waals surface area contributed by atoms with E-state index in [1.54, 1.807) is 18.2 Å². The van der Waals surface area contributed by atoms with Crippen molar-refractivity contribution in [2.24, 2.45) is 4.99 Å². The molecule has 1 N–H and O–H groups in total. The van der Waals surface area contributed by atoms with E-state index < -0.39 is 7.11 Å². The van der Waals surface area contributed by atoms with E-state index in [1.165, 1.54) is 57.4 Å². The number of nitrogens with one attached hydrogen (secondary N) is 1. The first kappa shape index (κ1) is 35.1. The Labute approximate surface area is 284 Å². The summed E-state index contributed by atoms with van der Waals surface area (Å²) in [6.45, 7) is 5.75. The highest BCUT2D eigenvalue weighted by molar-refractivity contribution is 6.53. The molecule has 1 aromatic heterocycles. The second-order valence-electron chi connectivity index (χ2n) is 12.4. The molecule has 0 atom stereocenters. The molecule has 256 valence electrons. The number of unbranched alkanes of at least 4 members (excludes halogenated alkanes) is 10. The van der Waals surface area contributed by atoms with Gasteiger partial charge in [0.25, 0.3) is 0 Å². The third kappa shape index (κ3) is 10.4. The van der Waals surface area contributed by atoms with Gasteiger partial charge in [-0.25, -0.2) is 4.99 Å². The van der Waals surface area contributed by atoms with Crippen LogP contribution >= 0.6 is 0 Å². The molecule has 0 saturated carbocycles. The normalized spacial score (nSPS) is 16.7. The monoisotopic (exact) mass is 657 g/mol. The summed E-state index contributed by atoms with van der Waals surface area (Å²) in [5.74, 6) is 1.47. The minimum Gasteiger partial charge on any atom is -0.626 e. The molecule has 0 saturated heterocycles. The number of rotatable bonds is 19. The molecule has 3 aromatic rings. The summed E-state index contributed by atoms with van der Waals surface area (Å²) in [5, 5.41) is 0. The van der Waals surface area contributed by atoms with Crippen LogP contribution in [0.5, 0.6) is 11.5 Å². The second-order valence-corrected chi connectivity index (χ2v) is 12.4. The first-order valence-electron chi connectivity index (χ1n) is 17.7. The van der Waals surface area contributed by atoms with Gasteiger partial charge in [-0.3, -0.25) is 0 Å². The van der Waals surface area contributed by atoms with Crippen LogP contribution in [0.1, 0.15) is 102 Å². The number of H-pyrrole nitrogens is 1. The maximum absolute atomic E-state index is 14.8. The van der Waals surface area contributed by atoms with Crippen molar-refractivity contribution in [2.75, 3.05) is 13.2 Å². The molecule has 6 nitrogen and oxygen atoms in total. The Hall–Kier alpha value is -4.27. The molecule has 2 aliphatic heterocycles. The fourth-order valence-corrected chi connectivity index (χ4v) is 5.79. The summed E-state index contributed by atoms with van der Waals surface area (Å²) in [6, 6.07) is 19.0. The van der Waals surface area contributed by atoms with E-state index in [0.717, 1.165) is 54.0 Å². The van der Waals surface area contributed by atoms with Crippen molar-refractivity contribution < 1.29 is 27.4 Å². The molecule has 3 heterocycles. The van der Waals surface area contributed by atoms with Gasteiger partial charge in [-0.15, -0.1) is 0 Å². The van der Waals surface area contributed by atoms with Crippen molar-refractivity contribution >= 4 is 18.6 Å². The van der Waals surface area contributed by atoms with Crippen molar-refractivity contribution in [3.63, 3.8) is 0 Å². The van der Waals surface area contributed by atoms with Crippen LogP contribution in [0, 0.1) is 0 Å². The van der Waals surface area contributed by atoms with Crippen LogP contribution < -0.4 is 9.47 Å². The molecule has 2 aliphatic rings. The van der Waals surface area contributed by atoms with Gasteiger partial charge in [-0.2, -0.15) is 0 Å². The molecule has 0 bridgehead atoms. The fourth-order valence-electron chi connectivity index (χ4n) is 5.79. The molecule has 48 heavy (non-hydrogen) atoms. The Morgan fingerprint density at radius 1 is 0.667 bits per heavy atom. The average Bonchev–Trinajstić information content (AvgIpc) is 3.79. The van der Waals surface area contributed by atoms with Gasteiger partial charge in [0.15, 0.2) is 0 Å². The predicted molar refractivity (Wildman–Crippen MR) is 191 cm³/mol. The summed E-state index contributed by atoms with van der Waals surface area (Å²) in [6.07, 6.45) is 19.3. The van der Waals surface area contributed by atoms with Crippen LogP contribution in [0.4, 0.5) is 8.63 Å². The quantitative estimate of drug-likeness (QED) is 0.103. The van der Waals surface area contributed by atoms with E-state index >= 15 is 0 Å². The smallest absolute Gasteiger partial charge is 0.626 e. The molecule has 0 aliphatic carbocycles. The molecule has 9 heteroatoms. The number of aromatic amines is 1. The predicted octanol–water partition coefficient (Wildman–Crippen LogP) is 11.2. The SMILES string of the molecule is CCCCCCCCOc1cccc(C2=NC(=C3C=C(c4ccc(-c5cccc(OCCCCCCCC)c5)[nH]4)O[B-](F)(F)O3)C=C2)c1. The summed E-state index contributed by atoms with van der Waals surface area (Å²) in [5.41, 5.74) is 3.83.